The zero-order valence-electron chi connectivity index (χ0n) is 14.8. The molecule has 0 bridgehead atoms. The number of ether oxygens (including phenoxy) is 1. The van der Waals surface area contributed by atoms with Crippen LogP contribution in [-0.4, -0.2) is 39.2 Å². The lowest BCUT2D eigenvalue weighted by Gasteiger charge is -2.08. The Labute approximate surface area is 160 Å². The summed E-state index contributed by atoms with van der Waals surface area (Å²) in [5.74, 6) is -2.30. The van der Waals surface area contributed by atoms with Gasteiger partial charge in [-0.3, -0.25) is 14.4 Å². The minimum absolute atomic E-state index is 0.126. The van der Waals surface area contributed by atoms with Crippen molar-refractivity contribution in [2.45, 2.75) is 11.8 Å². The number of Topliss-reactive ketones (excluding diaryl/α,β-unsaturated/α-hetero) is 1. The number of rotatable bonds is 8. The van der Waals surface area contributed by atoms with E-state index in [9.17, 15) is 27.2 Å². The predicted molar refractivity (Wildman–Crippen MR) is 97.6 cm³/mol. The van der Waals surface area contributed by atoms with Crippen LogP contribution in [0.1, 0.15) is 17.3 Å². The second-order valence-corrected chi connectivity index (χ2v) is 7.39. The number of halogens is 1. The number of anilines is 1. The number of sulfonamides is 1. The number of hydrogen-bond donors (Lipinski definition) is 2. The smallest absolute Gasteiger partial charge is 0.321 e. The summed E-state index contributed by atoms with van der Waals surface area (Å²) in [6.07, 6.45) is 0. The molecule has 0 radical (unpaired) electrons. The molecule has 148 valence electrons. The average Bonchev–Trinajstić information content (AvgIpc) is 2.66. The minimum Gasteiger partial charge on any atom is -0.455 e. The fourth-order valence-electron chi connectivity index (χ4n) is 2.03. The van der Waals surface area contributed by atoms with Crippen molar-refractivity contribution >= 4 is 33.4 Å². The van der Waals surface area contributed by atoms with E-state index in [4.69, 9.17) is 0 Å². The molecule has 0 atom stereocenters. The van der Waals surface area contributed by atoms with Gasteiger partial charge < -0.3 is 10.1 Å². The molecule has 2 aromatic rings. The van der Waals surface area contributed by atoms with Gasteiger partial charge >= 0.3 is 5.97 Å². The SMILES string of the molecule is CC(=O)c1ccc(S(=O)(=O)NCC(=O)OCC(=O)Nc2ccc(F)cc2)cc1. The van der Waals surface area contributed by atoms with E-state index in [0.717, 1.165) is 12.1 Å². The summed E-state index contributed by atoms with van der Waals surface area (Å²) in [6.45, 7) is 0.0376. The highest BCUT2D eigenvalue weighted by atomic mass is 32.2. The second kappa shape index (κ2) is 9.20. The first kappa shape index (κ1) is 21.2. The number of esters is 1. The molecule has 0 saturated carbocycles. The third-order valence-corrected chi connectivity index (χ3v) is 4.89. The summed E-state index contributed by atoms with van der Waals surface area (Å²) in [4.78, 5) is 34.4. The molecule has 0 aromatic heterocycles. The number of hydrogen-bond acceptors (Lipinski definition) is 6. The Morgan fingerprint density at radius 2 is 1.61 bits per heavy atom. The Balaban J connectivity index is 1.81. The minimum atomic E-state index is -3.99. The van der Waals surface area contributed by atoms with E-state index in [2.05, 4.69) is 10.1 Å². The Bertz CT molecular complexity index is 972. The van der Waals surface area contributed by atoms with Gasteiger partial charge in [-0.15, -0.1) is 0 Å². The van der Waals surface area contributed by atoms with Crippen LogP contribution in [0.15, 0.2) is 53.4 Å². The average molecular weight is 408 g/mol. The number of amides is 1. The monoisotopic (exact) mass is 408 g/mol. The lowest BCUT2D eigenvalue weighted by Crippen LogP contribution is -2.32. The molecule has 8 nitrogen and oxygen atoms in total. The molecule has 28 heavy (non-hydrogen) atoms. The van der Waals surface area contributed by atoms with Gasteiger partial charge in [-0.2, -0.15) is 4.72 Å². The maximum absolute atomic E-state index is 12.8. The molecule has 2 rings (SSSR count). The normalized spacial score (nSPS) is 10.9. The van der Waals surface area contributed by atoms with Gasteiger partial charge in [-0.25, -0.2) is 12.8 Å². The summed E-state index contributed by atoms with van der Waals surface area (Å²) in [5.41, 5.74) is 0.669. The van der Waals surface area contributed by atoms with Crippen LogP contribution in [0.3, 0.4) is 0 Å². The van der Waals surface area contributed by atoms with Crippen LogP contribution in [0.2, 0.25) is 0 Å². The molecule has 10 heteroatoms. The molecule has 0 aliphatic heterocycles. The van der Waals surface area contributed by atoms with Gasteiger partial charge in [0.15, 0.2) is 12.4 Å². The van der Waals surface area contributed by atoms with Gasteiger partial charge in [-0.05, 0) is 43.3 Å². The molecule has 1 amide bonds. The Kier molecular flexibility index (Phi) is 6.96. The molecule has 0 heterocycles. The fourth-order valence-corrected chi connectivity index (χ4v) is 3.00. The first-order valence-electron chi connectivity index (χ1n) is 7.99. The summed E-state index contributed by atoms with van der Waals surface area (Å²) in [5, 5.41) is 2.39. The van der Waals surface area contributed by atoms with Crippen LogP contribution in [0.4, 0.5) is 10.1 Å². The number of carbonyl (C=O) groups is 3. The van der Waals surface area contributed by atoms with E-state index in [1.165, 1.54) is 43.3 Å². The topological polar surface area (TPSA) is 119 Å². The van der Waals surface area contributed by atoms with Gasteiger partial charge in [0, 0.05) is 11.3 Å². The molecule has 0 aliphatic rings. The Morgan fingerprint density at radius 1 is 1.00 bits per heavy atom. The molecule has 2 aromatic carbocycles. The highest BCUT2D eigenvalue weighted by Gasteiger charge is 2.17. The first-order chi connectivity index (χ1) is 13.2. The van der Waals surface area contributed by atoms with Crippen LogP contribution < -0.4 is 10.0 Å². The zero-order chi connectivity index (χ0) is 20.7. The second-order valence-electron chi connectivity index (χ2n) is 5.62. The molecule has 0 aliphatic carbocycles. The highest BCUT2D eigenvalue weighted by molar-refractivity contribution is 7.89. The van der Waals surface area contributed by atoms with Gasteiger partial charge in [0.25, 0.3) is 5.91 Å². The van der Waals surface area contributed by atoms with E-state index in [1.807, 2.05) is 4.72 Å². The quantitative estimate of drug-likeness (QED) is 0.505. The fraction of sp³-hybridized carbons (Fsp3) is 0.167. The van der Waals surface area contributed by atoms with Crippen molar-refractivity contribution in [1.29, 1.82) is 0 Å². The van der Waals surface area contributed by atoms with E-state index >= 15 is 0 Å². The van der Waals surface area contributed by atoms with Crippen LogP contribution in [0.25, 0.3) is 0 Å². The predicted octanol–water partition coefficient (Wildman–Crippen LogP) is 1.49. The number of nitrogens with one attached hydrogen (secondary N) is 2. The number of carbonyl (C=O) groups excluding carboxylic acids is 3. The van der Waals surface area contributed by atoms with Crippen molar-refractivity contribution in [1.82, 2.24) is 4.72 Å². The van der Waals surface area contributed by atoms with Crippen molar-refractivity contribution < 1.29 is 31.9 Å². The van der Waals surface area contributed by atoms with Crippen molar-refractivity contribution in [3.63, 3.8) is 0 Å². The van der Waals surface area contributed by atoms with Crippen molar-refractivity contribution in [2.24, 2.45) is 0 Å². The third-order valence-electron chi connectivity index (χ3n) is 3.47. The largest absolute Gasteiger partial charge is 0.455 e. The van der Waals surface area contributed by atoms with Crippen LogP contribution >= 0.6 is 0 Å². The van der Waals surface area contributed by atoms with Crippen LogP contribution in [0.5, 0.6) is 0 Å². The Morgan fingerprint density at radius 3 is 2.18 bits per heavy atom. The number of ketones is 1. The van der Waals surface area contributed by atoms with E-state index < -0.39 is 40.9 Å². The first-order valence-corrected chi connectivity index (χ1v) is 9.47. The molecular weight excluding hydrogens is 391 g/mol. The van der Waals surface area contributed by atoms with Crippen LogP contribution in [-0.2, 0) is 24.3 Å². The molecule has 0 spiro atoms. The molecule has 0 unspecified atom stereocenters. The van der Waals surface area contributed by atoms with Crippen molar-refractivity contribution in [2.75, 3.05) is 18.5 Å². The van der Waals surface area contributed by atoms with Gasteiger partial charge in [-0.1, -0.05) is 12.1 Å². The van der Waals surface area contributed by atoms with Crippen molar-refractivity contribution in [3.8, 4) is 0 Å². The van der Waals surface area contributed by atoms with Crippen LogP contribution in [0, 0.1) is 5.82 Å². The lowest BCUT2D eigenvalue weighted by molar-refractivity contribution is -0.146. The molecule has 0 saturated heterocycles. The third kappa shape index (κ3) is 6.25. The Hall–Kier alpha value is -3.11. The summed E-state index contributed by atoms with van der Waals surface area (Å²) in [6, 6.07) is 10.2. The zero-order valence-corrected chi connectivity index (χ0v) is 15.6. The van der Waals surface area contributed by atoms with E-state index in [0.29, 0.717) is 11.3 Å². The summed E-state index contributed by atoms with van der Waals surface area (Å²) < 4.78 is 43.7. The molecular formula is C18H17FN2O6S. The summed E-state index contributed by atoms with van der Waals surface area (Å²) in [7, 11) is -3.99. The lowest BCUT2D eigenvalue weighted by atomic mass is 10.2. The molecule has 0 fully saturated rings. The maximum Gasteiger partial charge on any atom is 0.321 e. The number of benzene rings is 2. The summed E-state index contributed by atoms with van der Waals surface area (Å²) >= 11 is 0. The van der Waals surface area contributed by atoms with E-state index in [1.54, 1.807) is 0 Å². The van der Waals surface area contributed by atoms with Gasteiger partial charge in [0.05, 0.1) is 4.90 Å². The van der Waals surface area contributed by atoms with Gasteiger partial charge in [0.2, 0.25) is 10.0 Å². The van der Waals surface area contributed by atoms with E-state index in [-0.39, 0.29) is 10.7 Å². The van der Waals surface area contributed by atoms with Crippen molar-refractivity contribution in [3.05, 3.63) is 59.9 Å². The van der Waals surface area contributed by atoms with Gasteiger partial charge in [0.1, 0.15) is 12.4 Å². The molecule has 2 N–H and O–H groups in total. The highest BCUT2D eigenvalue weighted by Crippen LogP contribution is 2.11. The standard InChI is InChI=1S/C18H17FN2O6S/c1-12(22)13-2-8-16(9-3-13)28(25,26)20-10-18(24)27-11-17(23)21-15-6-4-14(19)5-7-15/h2-9,20H,10-11H2,1H3,(H,21,23). The maximum atomic E-state index is 12.8.